The quantitative estimate of drug-likeness (QED) is 0.560. The monoisotopic (exact) mass is 385 g/mol. The summed E-state index contributed by atoms with van der Waals surface area (Å²) in [6.45, 7) is 2.70. The van der Waals surface area contributed by atoms with E-state index in [0.717, 1.165) is 46.5 Å². The number of hydrogen-bond acceptors (Lipinski definition) is 3. The van der Waals surface area contributed by atoms with Gasteiger partial charge in [-0.25, -0.2) is 4.98 Å². The van der Waals surface area contributed by atoms with Crippen molar-refractivity contribution in [2.75, 3.05) is 6.54 Å². The second-order valence-electron chi connectivity index (χ2n) is 7.63. The molecule has 0 radical (unpaired) electrons. The predicted molar refractivity (Wildman–Crippen MR) is 112 cm³/mol. The second kappa shape index (κ2) is 7.24. The van der Waals surface area contributed by atoms with Crippen LogP contribution >= 0.6 is 0 Å². The minimum absolute atomic E-state index is 0.129. The molecule has 0 fully saturated rings. The van der Waals surface area contributed by atoms with Crippen molar-refractivity contribution in [3.05, 3.63) is 89.2 Å². The van der Waals surface area contributed by atoms with Crippen LogP contribution in [0, 0.1) is 6.92 Å². The Morgan fingerprint density at radius 2 is 2.07 bits per heavy atom. The number of nitrogens with one attached hydrogen (secondary N) is 1. The maximum atomic E-state index is 13.2. The third kappa shape index (κ3) is 3.23. The molecule has 5 heteroatoms. The third-order valence-electron chi connectivity index (χ3n) is 5.75. The maximum absolute atomic E-state index is 13.2. The summed E-state index contributed by atoms with van der Waals surface area (Å²) in [5.41, 5.74) is 5.12. The fourth-order valence-electron chi connectivity index (χ4n) is 4.24. The smallest absolute Gasteiger partial charge is 0.223 e. The predicted octanol–water partition coefficient (Wildman–Crippen LogP) is 4.57. The largest absolute Gasteiger partial charge is 0.458 e. The van der Waals surface area contributed by atoms with Gasteiger partial charge in [-0.15, -0.1) is 0 Å². The van der Waals surface area contributed by atoms with Crippen LogP contribution in [0.15, 0.2) is 65.3 Å². The molecule has 2 aromatic carbocycles. The number of amides is 1. The molecule has 0 aliphatic carbocycles. The van der Waals surface area contributed by atoms with Crippen LogP contribution in [0.4, 0.5) is 0 Å². The van der Waals surface area contributed by atoms with Crippen molar-refractivity contribution in [2.45, 2.75) is 32.2 Å². The van der Waals surface area contributed by atoms with Crippen molar-refractivity contribution >= 4 is 16.9 Å². The molecule has 0 saturated heterocycles. The van der Waals surface area contributed by atoms with E-state index in [-0.39, 0.29) is 11.9 Å². The van der Waals surface area contributed by atoms with Gasteiger partial charge in [-0.1, -0.05) is 48.5 Å². The Morgan fingerprint density at radius 1 is 1.21 bits per heavy atom. The highest BCUT2D eigenvalue weighted by Crippen LogP contribution is 2.37. The van der Waals surface area contributed by atoms with E-state index in [4.69, 9.17) is 4.42 Å². The lowest BCUT2D eigenvalue weighted by molar-refractivity contribution is -0.133. The lowest BCUT2D eigenvalue weighted by Crippen LogP contribution is -2.40. The minimum Gasteiger partial charge on any atom is -0.458 e. The van der Waals surface area contributed by atoms with E-state index in [1.807, 2.05) is 54.3 Å². The van der Waals surface area contributed by atoms with Crippen LogP contribution in [0.25, 0.3) is 11.0 Å². The molecule has 146 valence electrons. The lowest BCUT2D eigenvalue weighted by atomic mass is 9.99. The Hall–Kier alpha value is -3.34. The van der Waals surface area contributed by atoms with Gasteiger partial charge in [-0.05, 0) is 30.5 Å². The van der Waals surface area contributed by atoms with E-state index in [0.29, 0.717) is 13.0 Å². The Kier molecular flexibility index (Phi) is 4.43. The molecule has 3 heterocycles. The number of para-hydroxylation sites is 1. The zero-order chi connectivity index (χ0) is 19.8. The van der Waals surface area contributed by atoms with Gasteiger partial charge in [-0.3, -0.25) is 4.79 Å². The number of aromatic nitrogens is 2. The van der Waals surface area contributed by atoms with Crippen LogP contribution in [-0.2, 0) is 17.6 Å². The summed E-state index contributed by atoms with van der Waals surface area (Å²) in [6, 6.07) is 18.0. The molecule has 2 aromatic heterocycles. The number of furan rings is 1. The molecule has 29 heavy (non-hydrogen) atoms. The first-order chi connectivity index (χ1) is 14.2. The van der Waals surface area contributed by atoms with Gasteiger partial charge in [-0.2, -0.15) is 0 Å². The SMILES string of the molecule is Cc1cccc2cc(C3c4nc[nH]c4CCN3C(=O)CCc3ccccc3)oc12. The van der Waals surface area contributed by atoms with Crippen molar-refractivity contribution in [3.63, 3.8) is 0 Å². The summed E-state index contributed by atoms with van der Waals surface area (Å²) in [5, 5.41) is 1.05. The third-order valence-corrected chi connectivity index (χ3v) is 5.75. The van der Waals surface area contributed by atoms with E-state index < -0.39 is 0 Å². The number of carbonyl (C=O) groups excluding carboxylic acids is 1. The summed E-state index contributed by atoms with van der Waals surface area (Å²) >= 11 is 0. The molecule has 0 bridgehead atoms. The fraction of sp³-hybridized carbons (Fsp3) is 0.250. The Labute approximate surface area is 169 Å². The van der Waals surface area contributed by atoms with Crippen molar-refractivity contribution in [2.24, 2.45) is 0 Å². The molecule has 1 atom stereocenters. The molecule has 5 rings (SSSR count). The average Bonchev–Trinajstić information content (AvgIpc) is 3.39. The summed E-state index contributed by atoms with van der Waals surface area (Å²) in [5.74, 6) is 0.903. The number of nitrogens with zero attached hydrogens (tertiary/aromatic N) is 2. The molecule has 0 saturated carbocycles. The Balaban J connectivity index is 1.48. The van der Waals surface area contributed by atoms with Crippen LogP contribution in [0.3, 0.4) is 0 Å². The highest BCUT2D eigenvalue weighted by Gasteiger charge is 2.36. The summed E-state index contributed by atoms with van der Waals surface area (Å²) in [7, 11) is 0. The van der Waals surface area contributed by atoms with Crippen molar-refractivity contribution < 1.29 is 9.21 Å². The highest BCUT2D eigenvalue weighted by atomic mass is 16.3. The number of carbonyl (C=O) groups is 1. The maximum Gasteiger partial charge on any atom is 0.223 e. The number of aryl methyl sites for hydroxylation is 2. The number of rotatable bonds is 4. The van der Waals surface area contributed by atoms with E-state index >= 15 is 0 Å². The number of benzene rings is 2. The number of H-pyrrole nitrogens is 1. The molecular weight excluding hydrogens is 362 g/mol. The summed E-state index contributed by atoms with van der Waals surface area (Å²) < 4.78 is 6.26. The summed E-state index contributed by atoms with van der Waals surface area (Å²) in [6.07, 6.45) is 3.70. The minimum atomic E-state index is -0.292. The first kappa shape index (κ1) is 17.7. The molecule has 1 N–H and O–H groups in total. The number of hydrogen-bond donors (Lipinski definition) is 1. The molecular formula is C24H23N3O2. The van der Waals surface area contributed by atoms with E-state index in [1.165, 1.54) is 5.56 Å². The van der Waals surface area contributed by atoms with Gasteiger partial charge in [0.05, 0.1) is 12.0 Å². The highest BCUT2D eigenvalue weighted by molar-refractivity contribution is 5.82. The van der Waals surface area contributed by atoms with Crippen LogP contribution in [0.1, 0.15) is 40.7 Å². The first-order valence-electron chi connectivity index (χ1n) is 10.1. The molecule has 4 aromatic rings. The zero-order valence-electron chi connectivity index (χ0n) is 16.4. The van der Waals surface area contributed by atoms with Gasteiger partial charge in [0.2, 0.25) is 5.91 Å². The lowest BCUT2D eigenvalue weighted by Gasteiger charge is -2.33. The average molecular weight is 385 g/mol. The first-order valence-corrected chi connectivity index (χ1v) is 10.1. The van der Waals surface area contributed by atoms with Gasteiger partial charge in [0, 0.05) is 30.5 Å². The van der Waals surface area contributed by atoms with E-state index in [2.05, 4.69) is 22.1 Å². The molecule has 1 aliphatic heterocycles. The zero-order valence-corrected chi connectivity index (χ0v) is 16.4. The molecule has 5 nitrogen and oxygen atoms in total. The molecule has 1 unspecified atom stereocenters. The Bertz CT molecular complexity index is 1160. The van der Waals surface area contributed by atoms with Crippen molar-refractivity contribution in [1.29, 1.82) is 0 Å². The molecule has 1 aliphatic rings. The standard InChI is InChI=1S/C24H23N3O2/c1-16-6-5-9-18-14-20(29-24(16)18)23-22-19(25-15-26-22)12-13-27(23)21(28)11-10-17-7-3-2-4-8-17/h2-9,14-15,23H,10-13H2,1H3,(H,25,26). The summed E-state index contributed by atoms with van der Waals surface area (Å²) in [4.78, 5) is 22.9. The second-order valence-corrected chi connectivity index (χ2v) is 7.63. The fourth-order valence-corrected chi connectivity index (χ4v) is 4.24. The van der Waals surface area contributed by atoms with Crippen LogP contribution < -0.4 is 0 Å². The van der Waals surface area contributed by atoms with Gasteiger partial charge in [0.1, 0.15) is 17.4 Å². The van der Waals surface area contributed by atoms with Crippen LogP contribution in [0.5, 0.6) is 0 Å². The van der Waals surface area contributed by atoms with Gasteiger partial charge >= 0.3 is 0 Å². The molecule has 0 spiro atoms. The Morgan fingerprint density at radius 3 is 2.90 bits per heavy atom. The van der Waals surface area contributed by atoms with Gasteiger partial charge in [0.15, 0.2) is 0 Å². The van der Waals surface area contributed by atoms with E-state index in [9.17, 15) is 4.79 Å². The topological polar surface area (TPSA) is 62.1 Å². The normalized spacial score (nSPS) is 16.2. The number of aromatic amines is 1. The van der Waals surface area contributed by atoms with E-state index in [1.54, 1.807) is 6.33 Å². The van der Waals surface area contributed by atoms with Crippen molar-refractivity contribution in [1.82, 2.24) is 14.9 Å². The van der Waals surface area contributed by atoms with Gasteiger partial charge < -0.3 is 14.3 Å². The number of imidazole rings is 1. The van der Waals surface area contributed by atoms with Gasteiger partial charge in [0.25, 0.3) is 0 Å². The molecule has 1 amide bonds. The van der Waals surface area contributed by atoms with Crippen molar-refractivity contribution in [3.8, 4) is 0 Å². The van der Waals surface area contributed by atoms with Crippen LogP contribution in [0.2, 0.25) is 0 Å². The van der Waals surface area contributed by atoms with Crippen LogP contribution in [-0.4, -0.2) is 27.3 Å². The number of fused-ring (bicyclic) bond motifs is 2.